The summed E-state index contributed by atoms with van der Waals surface area (Å²) >= 11 is 0. The molecule has 5 heavy (non-hydrogen) atoms. The third-order valence-electron chi connectivity index (χ3n) is 0.507. The van der Waals surface area contributed by atoms with Crippen LogP contribution in [0.25, 0.3) is 0 Å². The fourth-order valence-corrected chi connectivity index (χ4v) is 0.280. The fourth-order valence-electron chi connectivity index (χ4n) is 0.280. The van der Waals surface area contributed by atoms with Crippen LogP contribution in [0.3, 0.4) is 0 Å². The molecule has 0 bridgehead atoms. The second-order valence-electron chi connectivity index (χ2n) is 0.928. The van der Waals surface area contributed by atoms with Crippen LogP contribution in [0.2, 0.25) is 0 Å². The summed E-state index contributed by atoms with van der Waals surface area (Å²) in [7, 11) is 0. The zero-order valence-corrected chi connectivity index (χ0v) is 2.86. The lowest BCUT2D eigenvalue weighted by Crippen LogP contribution is -2.20. The van der Waals surface area contributed by atoms with Gasteiger partial charge in [-0.05, 0) is 10.9 Å². The topological polar surface area (TPSA) is 38.2 Å². The molecule has 0 amide bonds. The Labute approximate surface area is 30.7 Å². The van der Waals surface area contributed by atoms with Crippen molar-refractivity contribution in [3.63, 3.8) is 0 Å². The maximum absolute atomic E-state index is 3.58. The van der Waals surface area contributed by atoms with E-state index in [-0.39, 0.29) is 0 Å². The van der Waals surface area contributed by atoms with Gasteiger partial charge in [-0.2, -0.15) is 0 Å². The van der Waals surface area contributed by atoms with Gasteiger partial charge in [0.05, 0.1) is 13.1 Å². The standard InChI is InChI=1S/C2H6N3/c1-2-4-5-3-1/h3-4H,1-2H2/q+1. The molecule has 0 aromatic carbocycles. The Bertz CT molecular complexity index is 16.5. The van der Waals surface area contributed by atoms with Crippen LogP contribution in [0.15, 0.2) is 0 Å². The number of hydrogen-bond acceptors (Lipinski definition) is 2. The first-order chi connectivity index (χ1) is 2.50. The largest absolute Gasteiger partial charge is 0.296 e. The Morgan fingerprint density at radius 3 is 2.00 bits per heavy atom. The van der Waals surface area contributed by atoms with Gasteiger partial charge in [0.1, 0.15) is 0 Å². The molecule has 0 atom stereocenters. The van der Waals surface area contributed by atoms with Gasteiger partial charge in [-0.3, -0.25) is 0 Å². The molecule has 1 fully saturated rings. The summed E-state index contributed by atoms with van der Waals surface area (Å²) in [6.07, 6.45) is 0. The van der Waals surface area contributed by atoms with Gasteiger partial charge in [0.2, 0.25) is 0 Å². The monoisotopic (exact) mass is 72.1 g/mol. The Hall–Kier alpha value is -0.120. The predicted octanol–water partition coefficient (Wildman–Crippen LogP) is -1.39. The normalized spacial score (nSPS) is 24.0. The summed E-state index contributed by atoms with van der Waals surface area (Å²) in [5, 5.41) is 0. The first kappa shape index (κ1) is 3.08. The molecule has 3 nitrogen and oxygen atoms in total. The Kier molecular flexibility index (Phi) is 0.834. The molecule has 1 saturated heterocycles. The van der Waals surface area contributed by atoms with Crippen molar-refractivity contribution in [3.8, 4) is 0 Å². The van der Waals surface area contributed by atoms with Crippen LogP contribution in [0.5, 0.6) is 0 Å². The van der Waals surface area contributed by atoms with E-state index in [4.69, 9.17) is 0 Å². The molecule has 0 aromatic heterocycles. The second kappa shape index (κ2) is 1.35. The van der Waals surface area contributed by atoms with Gasteiger partial charge >= 0.3 is 0 Å². The van der Waals surface area contributed by atoms with E-state index in [1.54, 1.807) is 0 Å². The Morgan fingerprint density at radius 1 is 1.20 bits per heavy atom. The molecule has 0 spiro atoms. The zero-order valence-electron chi connectivity index (χ0n) is 2.86. The molecule has 0 saturated carbocycles. The van der Waals surface area contributed by atoms with Crippen molar-refractivity contribution in [2.24, 2.45) is 0 Å². The van der Waals surface area contributed by atoms with Gasteiger partial charge in [0.25, 0.3) is 5.53 Å². The highest BCUT2D eigenvalue weighted by Crippen LogP contribution is 1.57. The average Bonchev–Trinajstić information content (AvgIpc) is 1.76. The molecule has 1 aliphatic heterocycles. The molecule has 1 heterocycles. The van der Waals surface area contributed by atoms with Crippen LogP contribution in [-0.4, -0.2) is 13.1 Å². The first-order valence-electron chi connectivity index (χ1n) is 1.65. The van der Waals surface area contributed by atoms with Crippen molar-refractivity contribution in [1.29, 1.82) is 0 Å². The third kappa shape index (κ3) is 0.576. The van der Waals surface area contributed by atoms with Crippen LogP contribution < -0.4 is 16.4 Å². The van der Waals surface area contributed by atoms with Crippen molar-refractivity contribution < 1.29 is 0 Å². The van der Waals surface area contributed by atoms with Gasteiger partial charge in [-0.1, -0.05) is 0 Å². The van der Waals surface area contributed by atoms with Gasteiger partial charge in [0.15, 0.2) is 0 Å². The molecular formula is C2H6N3+. The number of hydrogen-bond donors (Lipinski definition) is 2. The van der Waals surface area contributed by atoms with Crippen LogP contribution in [0.4, 0.5) is 0 Å². The predicted molar refractivity (Wildman–Crippen MR) is 18.1 cm³/mol. The summed E-state index contributed by atoms with van der Waals surface area (Å²) < 4.78 is 0. The van der Waals surface area contributed by atoms with E-state index in [9.17, 15) is 0 Å². The van der Waals surface area contributed by atoms with Crippen LogP contribution >= 0.6 is 0 Å². The lowest BCUT2D eigenvalue weighted by atomic mass is 10.7. The van der Waals surface area contributed by atoms with Gasteiger partial charge in [-0.15, -0.1) is 0 Å². The molecule has 1 rings (SSSR count). The van der Waals surface area contributed by atoms with Crippen LogP contribution in [-0.2, 0) is 0 Å². The van der Waals surface area contributed by atoms with Gasteiger partial charge < -0.3 is 0 Å². The maximum Gasteiger partial charge on any atom is 0.296 e. The molecule has 1 aliphatic rings. The molecule has 0 unspecified atom stereocenters. The van der Waals surface area contributed by atoms with Crippen molar-refractivity contribution in [2.75, 3.05) is 13.1 Å². The SMILES string of the molecule is C1CN[N+]N1. The van der Waals surface area contributed by atoms with E-state index in [1.165, 1.54) is 0 Å². The summed E-state index contributed by atoms with van der Waals surface area (Å²) in [4.78, 5) is 0. The van der Waals surface area contributed by atoms with Gasteiger partial charge in [-0.25, -0.2) is 0 Å². The van der Waals surface area contributed by atoms with E-state index in [1.807, 2.05) is 0 Å². The molecule has 0 aromatic rings. The minimum Gasteiger partial charge on any atom is -0.0290 e. The minimum absolute atomic E-state index is 0.972. The highest BCUT2D eigenvalue weighted by molar-refractivity contribution is 4.46. The Morgan fingerprint density at radius 2 is 1.80 bits per heavy atom. The van der Waals surface area contributed by atoms with E-state index >= 15 is 0 Å². The zero-order chi connectivity index (χ0) is 3.54. The van der Waals surface area contributed by atoms with Gasteiger partial charge in [0, 0.05) is 0 Å². The third-order valence-corrected chi connectivity index (χ3v) is 0.507. The smallest absolute Gasteiger partial charge is 0.0290 e. The minimum atomic E-state index is 0.972. The van der Waals surface area contributed by atoms with Crippen LogP contribution in [0, 0.1) is 0 Å². The highest BCUT2D eigenvalue weighted by Gasteiger charge is 2.09. The summed E-state index contributed by atoms with van der Waals surface area (Å²) in [5.41, 5.74) is 9.06. The van der Waals surface area contributed by atoms with Crippen LogP contribution in [0.1, 0.15) is 0 Å². The molecule has 0 aliphatic carbocycles. The van der Waals surface area contributed by atoms with E-state index < -0.39 is 0 Å². The number of nitrogens with zero attached hydrogens (tertiary/aromatic N) is 1. The van der Waals surface area contributed by atoms with Crippen molar-refractivity contribution in [1.82, 2.24) is 16.4 Å². The highest BCUT2D eigenvalue weighted by atomic mass is 15.6. The maximum atomic E-state index is 3.58. The lowest BCUT2D eigenvalue weighted by molar-refractivity contribution is 0.576. The molecule has 2 N–H and O–H groups in total. The summed E-state index contributed by atoms with van der Waals surface area (Å²) in [6, 6.07) is 0. The van der Waals surface area contributed by atoms with E-state index in [2.05, 4.69) is 16.4 Å². The molecule has 28 valence electrons. The first-order valence-corrected chi connectivity index (χ1v) is 1.65. The summed E-state index contributed by atoms with van der Waals surface area (Å²) in [5.74, 6) is 0. The average molecular weight is 72.1 g/mol. The fraction of sp³-hybridized carbons (Fsp3) is 1.00. The molecule has 3 heteroatoms. The van der Waals surface area contributed by atoms with E-state index in [0.717, 1.165) is 13.1 Å². The molecule has 2 radical (unpaired) electrons. The molecular weight excluding hydrogens is 66.0 g/mol. The summed E-state index contributed by atoms with van der Waals surface area (Å²) in [6.45, 7) is 1.94. The lowest BCUT2D eigenvalue weighted by Gasteiger charge is -1.57. The quantitative estimate of drug-likeness (QED) is 0.370. The van der Waals surface area contributed by atoms with Crippen molar-refractivity contribution >= 4 is 0 Å². The van der Waals surface area contributed by atoms with Crippen molar-refractivity contribution in [3.05, 3.63) is 0 Å². The number of rotatable bonds is 0. The van der Waals surface area contributed by atoms with E-state index in [0.29, 0.717) is 0 Å². The second-order valence-corrected chi connectivity index (χ2v) is 0.928. The Balaban J connectivity index is 2.08. The van der Waals surface area contributed by atoms with Crippen molar-refractivity contribution in [2.45, 2.75) is 0 Å². The number of nitrogens with one attached hydrogen (secondary N) is 2.